The van der Waals surface area contributed by atoms with Crippen molar-refractivity contribution < 1.29 is 18.7 Å². The molecule has 1 atom stereocenters. The molecule has 23 heavy (non-hydrogen) atoms. The zero-order valence-electron chi connectivity index (χ0n) is 12.8. The quantitative estimate of drug-likeness (QED) is 0.791. The molecular formula is C17H19FN2O3. The van der Waals surface area contributed by atoms with Crippen LogP contribution in [0.2, 0.25) is 0 Å². The van der Waals surface area contributed by atoms with E-state index in [9.17, 15) is 14.3 Å². The first-order valence-corrected chi connectivity index (χ1v) is 7.55. The Morgan fingerprint density at radius 2 is 2.22 bits per heavy atom. The topological polar surface area (TPSA) is 74.5 Å². The number of hydrogen-bond acceptors (Lipinski definition) is 3. The van der Waals surface area contributed by atoms with Crippen LogP contribution < -0.4 is 10.6 Å². The van der Waals surface area contributed by atoms with Gasteiger partial charge in [-0.15, -0.1) is 0 Å². The van der Waals surface area contributed by atoms with Crippen LogP contribution in [0.25, 0.3) is 11.3 Å². The maximum absolute atomic E-state index is 13.9. The van der Waals surface area contributed by atoms with Crippen LogP contribution in [-0.2, 0) is 0 Å². The minimum absolute atomic E-state index is 0.0625. The van der Waals surface area contributed by atoms with E-state index in [0.29, 0.717) is 11.3 Å². The molecular weight excluding hydrogens is 299 g/mol. The molecule has 0 unspecified atom stereocenters. The van der Waals surface area contributed by atoms with Crippen LogP contribution in [0.4, 0.5) is 14.9 Å². The Labute approximate surface area is 133 Å². The first-order valence-electron chi connectivity index (χ1n) is 7.55. The summed E-state index contributed by atoms with van der Waals surface area (Å²) in [5.41, 5.74) is 0.0467. The number of carbonyl (C=O) groups is 1. The van der Waals surface area contributed by atoms with Crippen LogP contribution in [-0.4, -0.2) is 23.3 Å². The summed E-state index contributed by atoms with van der Waals surface area (Å²) >= 11 is 0. The second kappa shape index (κ2) is 6.04. The van der Waals surface area contributed by atoms with E-state index < -0.39 is 17.4 Å². The highest BCUT2D eigenvalue weighted by atomic mass is 19.1. The predicted molar refractivity (Wildman–Crippen MR) is 84.5 cm³/mol. The summed E-state index contributed by atoms with van der Waals surface area (Å²) in [6, 6.07) is 7.33. The molecule has 3 rings (SSSR count). The number of carbonyl (C=O) groups excluding carboxylic acids is 1. The van der Waals surface area contributed by atoms with Gasteiger partial charge in [-0.3, -0.25) is 0 Å². The summed E-state index contributed by atoms with van der Waals surface area (Å²) in [6.07, 6.45) is 3.47. The van der Waals surface area contributed by atoms with Crippen LogP contribution in [0.5, 0.6) is 0 Å². The van der Waals surface area contributed by atoms with Gasteiger partial charge in [-0.2, -0.15) is 0 Å². The van der Waals surface area contributed by atoms with Crippen molar-refractivity contribution in [2.75, 3.05) is 11.9 Å². The first kappa shape index (κ1) is 15.6. The Morgan fingerprint density at radius 3 is 2.83 bits per heavy atom. The van der Waals surface area contributed by atoms with Crippen molar-refractivity contribution in [1.82, 2.24) is 5.32 Å². The van der Waals surface area contributed by atoms with Crippen LogP contribution in [0, 0.1) is 11.7 Å². The number of furan rings is 1. The van der Waals surface area contributed by atoms with Crippen molar-refractivity contribution in [3.8, 4) is 11.3 Å². The fraction of sp³-hybridized carbons (Fsp3) is 0.353. The van der Waals surface area contributed by atoms with Crippen molar-refractivity contribution in [3.63, 3.8) is 0 Å². The number of anilines is 1. The molecule has 1 aromatic carbocycles. The van der Waals surface area contributed by atoms with Crippen LogP contribution in [0.15, 0.2) is 41.0 Å². The average molecular weight is 318 g/mol. The Bertz CT molecular complexity index is 698. The molecule has 1 aliphatic rings. The zero-order valence-corrected chi connectivity index (χ0v) is 12.8. The molecule has 1 fully saturated rings. The van der Waals surface area contributed by atoms with Gasteiger partial charge >= 0.3 is 6.03 Å². The smallest absolute Gasteiger partial charge is 0.319 e. The van der Waals surface area contributed by atoms with E-state index in [0.717, 1.165) is 12.8 Å². The van der Waals surface area contributed by atoms with Gasteiger partial charge in [0, 0.05) is 5.56 Å². The SMILES string of the molecule is C[C@@](CO)(NC(=O)Nc1cc(-c2ccco2)ccc1F)C1CC1. The Balaban J connectivity index is 1.74. The number of aliphatic hydroxyl groups excluding tert-OH is 1. The standard InChI is InChI=1S/C17H19FN2O3/c1-17(10-21,12-5-6-12)20-16(22)19-14-9-11(4-7-13(14)18)15-3-2-8-23-15/h2-4,7-9,12,21H,5-6,10H2,1H3,(H2,19,20,22)/t17-/m0/s1. The highest BCUT2D eigenvalue weighted by Gasteiger charge is 2.42. The minimum Gasteiger partial charge on any atom is -0.464 e. The predicted octanol–water partition coefficient (Wildman–Crippen LogP) is 3.37. The summed E-state index contributed by atoms with van der Waals surface area (Å²) in [5, 5.41) is 14.8. The second-order valence-corrected chi connectivity index (χ2v) is 6.10. The molecule has 0 spiro atoms. The molecule has 3 N–H and O–H groups in total. The summed E-state index contributed by atoms with van der Waals surface area (Å²) in [4.78, 5) is 12.1. The fourth-order valence-electron chi connectivity index (χ4n) is 2.62. The normalized spacial score (nSPS) is 16.7. The van der Waals surface area contributed by atoms with Crippen LogP contribution in [0.1, 0.15) is 19.8 Å². The molecule has 1 aliphatic carbocycles. The van der Waals surface area contributed by atoms with E-state index in [2.05, 4.69) is 10.6 Å². The largest absolute Gasteiger partial charge is 0.464 e. The Morgan fingerprint density at radius 1 is 1.43 bits per heavy atom. The van der Waals surface area contributed by atoms with Gasteiger partial charge in [-0.1, -0.05) is 0 Å². The maximum Gasteiger partial charge on any atom is 0.319 e. The molecule has 5 nitrogen and oxygen atoms in total. The third kappa shape index (κ3) is 3.37. The van der Waals surface area contributed by atoms with E-state index >= 15 is 0 Å². The average Bonchev–Trinajstić information content (AvgIpc) is 3.26. The fourth-order valence-corrected chi connectivity index (χ4v) is 2.62. The van der Waals surface area contributed by atoms with E-state index in [4.69, 9.17) is 4.42 Å². The number of benzene rings is 1. The van der Waals surface area contributed by atoms with Crippen LogP contribution >= 0.6 is 0 Å². The van der Waals surface area contributed by atoms with Gasteiger partial charge in [0.2, 0.25) is 0 Å². The number of nitrogens with one attached hydrogen (secondary N) is 2. The third-order valence-electron chi connectivity index (χ3n) is 4.23. The second-order valence-electron chi connectivity index (χ2n) is 6.10. The molecule has 0 saturated heterocycles. The number of urea groups is 1. The monoisotopic (exact) mass is 318 g/mol. The summed E-state index contributed by atoms with van der Waals surface area (Å²) in [5.74, 6) is 0.316. The van der Waals surface area contributed by atoms with Crippen molar-refractivity contribution in [1.29, 1.82) is 0 Å². The minimum atomic E-state index is -0.681. The van der Waals surface area contributed by atoms with Crippen molar-refractivity contribution in [2.45, 2.75) is 25.3 Å². The number of amides is 2. The lowest BCUT2D eigenvalue weighted by molar-refractivity contribution is 0.159. The molecule has 2 aromatic rings. The molecule has 0 radical (unpaired) electrons. The van der Waals surface area contributed by atoms with Crippen molar-refractivity contribution in [2.24, 2.45) is 5.92 Å². The number of rotatable bonds is 5. The van der Waals surface area contributed by atoms with E-state index in [1.807, 2.05) is 0 Å². The first-order chi connectivity index (χ1) is 11.0. The molecule has 1 heterocycles. The highest BCUT2D eigenvalue weighted by molar-refractivity contribution is 5.90. The highest BCUT2D eigenvalue weighted by Crippen LogP contribution is 2.39. The Hall–Kier alpha value is -2.34. The molecule has 0 aliphatic heterocycles. The number of halogens is 1. The van der Waals surface area contributed by atoms with Crippen LogP contribution in [0.3, 0.4) is 0 Å². The zero-order chi connectivity index (χ0) is 16.4. The van der Waals surface area contributed by atoms with Gasteiger partial charge in [-0.05, 0) is 56.0 Å². The lowest BCUT2D eigenvalue weighted by atomic mass is 9.97. The molecule has 122 valence electrons. The number of aliphatic hydroxyl groups is 1. The Kier molecular flexibility index (Phi) is 4.09. The van der Waals surface area contributed by atoms with Gasteiger partial charge in [0.1, 0.15) is 11.6 Å². The van der Waals surface area contributed by atoms with Crippen molar-refractivity contribution in [3.05, 3.63) is 42.4 Å². The lowest BCUT2D eigenvalue weighted by Crippen LogP contribution is -2.52. The van der Waals surface area contributed by atoms with E-state index in [1.165, 1.54) is 18.4 Å². The molecule has 2 amide bonds. The summed E-state index contributed by atoms with van der Waals surface area (Å²) in [7, 11) is 0. The maximum atomic E-state index is 13.9. The van der Waals surface area contributed by atoms with Gasteiger partial charge in [0.25, 0.3) is 0 Å². The van der Waals surface area contributed by atoms with Gasteiger partial charge in [0.05, 0.1) is 24.1 Å². The number of hydrogen-bond donors (Lipinski definition) is 3. The van der Waals surface area contributed by atoms with Gasteiger partial charge in [0.15, 0.2) is 0 Å². The van der Waals surface area contributed by atoms with Crippen molar-refractivity contribution >= 4 is 11.7 Å². The van der Waals surface area contributed by atoms with E-state index in [-0.39, 0.29) is 18.2 Å². The van der Waals surface area contributed by atoms with Gasteiger partial charge < -0.3 is 20.2 Å². The molecule has 6 heteroatoms. The molecule has 1 aromatic heterocycles. The van der Waals surface area contributed by atoms with Gasteiger partial charge in [-0.25, -0.2) is 9.18 Å². The summed E-state index contributed by atoms with van der Waals surface area (Å²) in [6.45, 7) is 1.64. The lowest BCUT2D eigenvalue weighted by Gasteiger charge is -2.28. The third-order valence-corrected chi connectivity index (χ3v) is 4.23. The summed E-state index contributed by atoms with van der Waals surface area (Å²) < 4.78 is 19.2. The molecule has 0 bridgehead atoms. The van der Waals surface area contributed by atoms with E-state index in [1.54, 1.807) is 25.1 Å². The molecule has 1 saturated carbocycles.